The minimum atomic E-state index is -0.494. The van der Waals surface area contributed by atoms with E-state index >= 15 is 0 Å². The van der Waals surface area contributed by atoms with Crippen LogP contribution in [0.25, 0.3) is 0 Å². The van der Waals surface area contributed by atoms with Gasteiger partial charge in [-0.1, -0.05) is 0 Å². The fraction of sp³-hybridized carbons (Fsp3) is 0.400. The Labute approximate surface area is 91.7 Å². The molecule has 1 atom stereocenters. The molecule has 0 aromatic carbocycles. The first-order chi connectivity index (χ1) is 7.56. The van der Waals surface area contributed by atoms with Crippen LogP contribution < -0.4 is 11.3 Å². The molecule has 1 aromatic heterocycles. The van der Waals surface area contributed by atoms with Gasteiger partial charge in [-0.25, -0.2) is 0 Å². The smallest absolute Gasteiger partial charge is 0.254 e. The highest BCUT2D eigenvalue weighted by atomic mass is 16.3. The van der Waals surface area contributed by atoms with Crippen molar-refractivity contribution in [3.63, 3.8) is 0 Å². The maximum Gasteiger partial charge on any atom is 0.254 e. The van der Waals surface area contributed by atoms with Gasteiger partial charge in [0.25, 0.3) is 11.5 Å². The van der Waals surface area contributed by atoms with Crippen LogP contribution in [-0.4, -0.2) is 40.0 Å². The van der Waals surface area contributed by atoms with Crippen molar-refractivity contribution < 1.29 is 9.90 Å². The zero-order chi connectivity index (χ0) is 11.7. The van der Waals surface area contributed by atoms with Crippen LogP contribution in [0.3, 0.4) is 0 Å². The largest absolute Gasteiger partial charge is 0.494 e. The van der Waals surface area contributed by atoms with Gasteiger partial charge in [0, 0.05) is 31.3 Å². The van der Waals surface area contributed by atoms with E-state index in [1.807, 2.05) is 0 Å². The molecule has 1 aliphatic rings. The fourth-order valence-corrected chi connectivity index (χ4v) is 1.81. The van der Waals surface area contributed by atoms with Crippen LogP contribution in [0.5, 0.6) is 5.88 Å². The van der Waals surface area contributed by atoms with Crippen LogP contribution in [0.2, 0.25) is 0 Å². The number of aromatic hydroxyl groups is 1. The third kappa shape index (κ3) is 2.06. The Morgan fingerprint density at radius 3 is 2.88 bits per heavy atom. The topological polar surface area (TPSA) is 99.4 Å². The van der Waals surface area contributed by atoms with Gasteiger partial charge in [0.1, 0.15) is 0 Å². The lowest BCUT2D eigenvalue weighted by Gasteiger charge is -2.15. The zero-order valence-corrected chi connectivity index (χ0v) is 8.64. The molecule has 0 bridgehead atoms. The molecule has 0 saturated carbocycles. The number of amides is 1. The van der Waals surface area contributed by atoms with Gasteiger partial charge in [0.05, 0.1) is 5.56 Å². The predicted octanol–water partition coefficient (Wildman–Crippen LogP) is -0.746. The van der Waals surface area contributed by atoms with Crippen LogP contribution in [0.1, 0.15) is 16.8 Å². The third-order valence-electron chi connectivity index (χ3n) is 2.59. The summed E-state index contributed by atoms with van der Waals surface area (Å²) in [5.74, 6) is -0.575. The van der Waals surface area contributed by atoms with Gasteiger partial charge in [-0.15, -0.1) is 0 Å². The average molecular weight is 223 g/mol. The summed E-state index contributed by atoms with van der Waals surface area (Å²) in [6.07, 6.45) is 0.765. The Kier molecular flexibility index (Phi) is 2.66. The number of pyridine rings is 1. The quantitative estimate of drug-likeness (QED) is 0.583. The summed E-state index contributed by atoms with van der Waals surface area (Å²) >= 11 is 0. The molecule has 2 rings (SSSR count). The Balaban J connectivity index is 2.24. The van der Waals surface area contributed by atoms with E-state index in [0.717, 1.165) is 6.42 Å². The minimum Gasteiger partial charge on any atom is -0.494 e. The maximum absolute atomic E-state index is 11.9. The molecule has 2 heterocycles. The number of rotatable bonds is 1. The average Bonchev–Trinajstić information content (AvgIpc) is 2.62. The number of aromatic amines is 1. The van der Waals surface area contributed by atoms with Gasteiger partial charge in [-0.3, -0.25) is 14.6 Å². The van der Waals surface area contributed by atoms with Crippen LogP contribution in [-0.2, 0) is 0 Å². The molecule has 0 aliphatic carbocycles. The number of nitrogens with zero attached hydrogens (tertiary/aromatic N) is 1. The first kappa shape index (κ1) is 10.7. The van der Waals surface area contributed by atoms with E-state index in [1.54, 1.807) is 4.90 Å². The molecule has 6 nitrogen and oxygen atoms in total. The van der Waals surface area contributed by atoms with Crippen LogP contribution in [0, 0.1) is 0 Å². The van der Waals surface area contributed by atoms with E-state index in [-0.39, 0.29) is 23.4 Å². The van der Waals surface area contributed by atoms with Crippen molar-refractivity contribution in [1.29, 1.82) is 0 Å². The van der Waals surface area contributed by atoms with Crippen molar-refractivity contribution in [3.05, 3.63) is 28.0 Å². The van der Waals surface area contributed by atoms with Crippen molar-refractivity contribution in [2.75, 3.05) is 13.1 Å². The molecule has 1 unspecified atom stereocenters. The highest BCUT2D eigenvalue weighted by molar-refractivity contribution is 5.94. The third-order valence-corrected chi connectivity index (χ3v) is 2.59. The van der Waals surface area contributed by atoms with Crippen molar-refractivity contribution >= 4 is 5.91 Å². The lowest BCUT2D eigenvalue weighted by molar-refractivity contribution is 0.0790. The molecule has 1 fully saturated rings. The van der Waals surface area contributed by atoms with E-state index in [2.05, 4.69) is 4.98 Å². The number of nitrogens with one attached hydrogen (secondary N) is 1. The molecular weight excluding hydrogens is 210 g/mol. The lowest BCUT2D eigenvalue weighted by Crippen LogP contribution is -2.32. The Morgan fingerprint density at radius 1 is 1.56 bits per heavy atom. The molecule has 6 heteroatoms. The predicted molar refractivity (Wildman–Crippen MR) is 57.2 cm³/mol. The lowest BCUT2D eigenvalue weighted by atomic mass is 10.2. The van der Waals surface area contributed by atoms with E-state index in [1.165, 1.54) is 12.1 Å². The summed E-state index contributed by atoms with van der Waals surface area (Å²) in [4.78, 5) is 26.7. The number of hydrogen-bond acceptors (Lipinski definition) is 4. The molecule has 1 amide bonds. The molecule has 16 heavy (non-hydrogen) atoms. The van der Waals surface area contributed by atoms with Gasteiger partial charge in [-0.2, -0.15) is 0 Å². The van der Waals surface area contributed by atoms with Crippen molar-refractivity contribution in [2.24, 2.45) is 5.73 Å². The van der Waals surface area contributed by atoms with Crippen LogP contribution in [0.4, 0.5) is 0 Å². The number of aromatic nitrogens is 1. The van der Waals surface area contributed by atoms with E-state index in [9.17, 15) is 14.7 Å². The molecule has 1 saturated heterocycles. The second-order valence-electron chi connectivity index (χ2n) is 3.92. The van der Waals surface area contributed by atoms with E-state index < -0.39 is 5.56 Å². The van der Waals surface area contributed by atoms with Gasteiger partial charge in [-0.05, 0) is 6.42 Å². The first-order valence-electron chi connectivity index (χ1n) is 5.04. The highest BCUT2D eigenvalue weighted by Gasteiger charge is 2.24. The van der Waals surface area contributed by atoms with Gasteiger partial charge in [0.2, 0.25) is 0 Å². The molecule has 0 spiro atoms. The summed E-state index contributed by atoms with van der Waals surface area (Å²) in [5.41, 5.74) is 5.39. The van der Waals surface area contributed by atoms with E-state index in [0.29, 0.717) is 13.1 Å². The zero-order valence-electron chi connectivity index (χ0n) is 8.64. The number of carbonyl (C=O) groups is 1. The second-order valence-corrected chi connectivity index (χ2v) is 3.92. The normalized spacial score (nSPS) is 20.1. The minimum absolute atomic E-state index is 0.000423. The number of nitrogens with two attached hydrogens (primary N) is 1. The molecule has 4 N–H and O–H groups in total. The van der Waals surface area contributed by atoms with E-state index in [4.69, 9.17) is 5.73 Å². The number of likely N-dealkylation sites (tertiary alicyclic amines) is 1. The fourth-order valence-electron chi connectivity index (χ4n) is 1.81. The maximum atomic E-state index is 11.9. The molecule has 86 valence electrons. The summed E-state index contributed by atoms with van der Waals surface area (Å²) in [7, 11) is 0. The summed E-state index contributed by atoms with van der Waals surface area (Å²) in [6.45, 7) is 1.08. The van der Waals surface area contributed by atoms with Crippen molar-refractivity contribution in [3.8, 4) is 5.88 Å². The van der Waals surface area contributed by atoms with Crippen LogP contribution in [0.15, 0.2) is 16.9 Å². The SMILES string of the molecule is NC1CCN(C(=O)c2cc(O)[nH]c(=O)c2)C1. The van der Waals surface area contributed by atoms with Gasteiger partial charge in [0.15, 0.2) is 5.88 Å². The monoisotopic (exact) mass is 223 g/mol. The van der Waals surface area contributed by atoms with Crippen molar-refractivity contribution in [2.45, 2.75) is 12.5 Å². The number of carbonyl (C=O) groups excluding carboxylic acids is 1. The molecular formula is C10H13N3O3. The van der Waals surface area contributed by atoms with Crippen LogP contribution >= 0.6 is 0 Å². The van der Waals surface area contributed by atoms with Gasteiger partial charge >= 0.3 is 0 Å². The van der Waals surface area contributed by atoms with Crippen molar-refractivity contribution in [1.82, 2.24) is 9.88 Å². The second kappa shape index (κ2) is 3.97. The van der Waals surface area contributed by atoms with Gasteiger partial charge < -0.3 is 15.7 Å². The molecule has 1 aromatic rings. The molecule has 0 radical (unpaired) electrons. The summed E-state index contributed by atoms with van der Waals surface area (Å²) in [5, 5.41) is 9.19. The molecule has 1 aliphatic heterocycles. The standard InChI is InChI=1S/C10H13N3O3/c11-7-1-2-13(5-7)10(16)6-3-8(14)12-9(15)4-6/h3-4,7H,1-2,5,11H2,(H2,12,14,15). The summed E-state index contributed by atoms with van der Waals surface area (Å²) in [6, 6.07) is 2.42. The Bertz CT molecular complexity index is 469. The Morgan fingerprint density at radius 2 is 2.31 bits per heavy atom. The number of hydrogen-bond donors (Lipinski definition) is 3. The Hall–Kier alpha value is -1.82. The first-order valence-corrected chi connectivity index (χ1v) is 5.04. The number of H-pyrrole nitrogens is 1. The highest BCUT2D eigenvalue weighted by Crippen LogP contribution is 2.13. The summed E-state index contributed by atoms with van der Waals surface area (Å²) < 4.78 is 0.